The SMILES string of the molecule is CCOc1ccc(CCC(=O)N(CC(=O)O)C2CC2)cc1. The Morgan fingerprint density at radius 2 is 1.95 bits per heavy atom. The number of carbonyl (C=O) groups is 2. The van der Waals surface area contributed by atoms with Crippen LogP contribution < -0.4 is 4.74 Å². The van der Waals surface area contributed by atoms with Gasteiger partial charge in [0, 0.05) is 12.5 Å². The molecule has 1 saturated carbocycles. The molecule has 0 aromatic heterocycles. The van der Waals surface area contributed by atoms with E-state index in [-0.39, 0.29) is 18.5 Å². The molecule has 1 aromatic rings. The molecule has 0 bridgehead atoms. The summed E-state index contributed by atoms with van der Waals surface area (Å²) >= 11 is 0. The highest BCUT2D eigenvalue weighted by atomic mass is 16.5. The van der Waals surface area contributed by atoms with E-state index in [4.69, 9.17) is 9.84 Å². The van der Waals surface area contributed by atoms with Gasteiger partial charge in [0.1, 0.15) is 12.3 Å². The predicted molar refractivity (Wildman–Crippen MR) is 78.3 cm³/mol. The Kier molecular flexibility index (Phi) is 5.20. The van der Waals surface area contributed by atoms with Crippen LogP contribution in [-0.4, -0.2) is 41.1 Å². The quantitative estimate of drug-likeness (QED) is 0.796. The highest BCUT2D eigenvalue weighted by molar-refractivity contribution is 5.82. The molecule has 0 spiro atoms. The molecule has 1 amide bonds. The van der Waals surface area contributed by atoms with Gasteiger partial charge in [0.25, 0.3) is 0 Å². The normalized spacial score (nSPS) is 13.8. The maximum Gasteiger partial charge on any atom is 0.323 e. The van der Waals surface area contributed by atoms with E-state index in [1.165, 1.54) is 4.90 Å². The number of hydrogen-bond acceptors (Lipinski definition) is 3. The number of benzene rings is 1. The fraction of sp³-hybridized carbons (Fsp3) is 0.500. The largest absolute Gasteiger partial charge is 0.494 e. The molecule has 1 aromatic carbocycles. The zero-order valence-corrected chi connectivity index (χ0v) is 12.2. The third kappa shape index (κ3) is 4.77. The lowest BCUT2D eigenvalue weighted by Crippen LogP contribution is -2.37. The Morgan fingerprint density at radius 3 is 2.48 bits per heavy atom. The van der Waals surface area contributed by atoms with E-state index in [1.54, 1.807) is 0 Å². The van der Waals surface area contributed by atoms with Crippen molar-refractivity contribution in [2.75, 3.05) is 13.2 Å². The van der Waals surface area contributed by atoms with Crippen molar-refractivity contribution in [3.63, 3.8) is 0 Å². The first kappa shape index (κ1) is 15.4. The molecule has 0 aliphatic heterocycles. The Balaban J connectivity index is 1.85. The number of amides is 1. The second-order valence-corrected chi connectivity index (χ2v) is 5.22. The minimum Gasteiger partial charge on any atom is -0.494 e. The minimum absolute atomic E-state index is 0.0752. The van der Waals surface area contributed by atoms with E-state index in [0.29, 0.717) is 19.4 Å². The van der Waals surface area contributed by atoms with Crippen molar-refractivity contribution in [3.05, 3.63) is 29.8 Å². The summed E-state index contributed by atoms with van der Waals surface area (Å²) in [4.78, 5) is 24.4. The van der Waals surface area contributed by atoms with Gasteiger partial charge < -0.3 is 14.7 Å². The van der Waals surface area contributed by atoms with Crippen molar-refractivity contribution in [1.82, 2.24) is 4.90 Å². The van der Waals surface area contributed by atoms with E-state index < -0.39 is 5.97 Å². The monoisotopic (exact) mass is 291 g/mol. The molecule has 1 aliphatic rings. The first-order chi connectivity index (χ1) is 10.1. The van der Waals surface area contributed by atoms with Crippen molar-refractivity contribution in [2.45, 2.75) is 38.6 Å². The Labute approximate surface area is 124 Å². The van der Waals surface area contributed by atoms with Crippen molar-refractivity contribution >= 4 is 11.9 Å². The van der Waals surface area contributed by atoms with Crippen LogP contribution in [0.4, 0.5) is 0 Å². The molecule has 5 nitrogen and oxygen atoms in total. The molecule has 1 N–H and O–H groups in total. The predicted octanol–water partition coefficient (Wildman–Crippen LogP) is 2.09. The first-order valence-electron chi connectivity index (χ1n) is 7.33. The third-order valence-corrected chi connectivity index (χ3v) is 3.48. The van der Waals surface area contributed by atoms with Crippen molar-refractivity contribution in [3.8, 4) is 5.75 Å². The van der Waals surface area contributed by atoms with Crippen LogP contribution in [0.3, 0.4) is 0 Å². The molecule has 114 valence electrons. The summed E-state index contributed by atoms with van der Waals surface area (Å²) in [6.07, 6.45) is 2.80. The molecule has 0 saturated heterocycles. The number of aryl methyl sites for hydroxylation is 1. The van der Waals surface area contributed by atoms with Crippen LogP contribution in [0.1, 0.15) is 31.7 Å². The number of carbonyl (C=O) groups excluding carboxylic acids is 1. The zero-order chi connectivity index (χ0) is 15.2. The smallest absolute Gasteiger partial charge is 0.323 e. The van der Waals surface area contributed by atoms with Crippen LogP contribution in [0, 0.1) is 0 Å². The summed E-state index contributed by atoms with van der Waals surface area (Å²) in [6.45, 7) is 2.37. The lowest BCUT2D eigenvalue weighted by molar-refractivity contribution is -0.144. The number of aliphatic carboxylic acids is 1. The molecule has 0 unspecified atom stereocenters. The van der Waals surface area contributed by atoms with Gasteiger partial charge in [-0.3, -0.25) is 9.59 Å². The van der Waals surface area contributed by atoms with E-state index in [9.17, 15) is 9.59 Å². The van der Waals surface area contributed by atoms with Gasteiger partial charge in [-0.25, -0.2) is 0 Å². The average Bonchev–Trinajstić information content (AvgIpc) is 3.28. The fourth-order valence-corrected chi connectivity index (χ4v) is 2.27. The zero-order valence-electron chi connectivity index (χ0n) is 12.2. The topological polar surface area (TPSA) is 66.8 Å². The first-order valence-corrected chi connectivity index (χ1v) is 7.33. The number of hydrogen-bond donors (Lipinski definition) is 1. The Bertz CT molecular complexity index is 494. The summed E-state index contributed by atoms with van der Waals surface area (Å²) in [5.41, 5.74) is 1.05. The van der Waals surface area contributed by atoms with Crippen molar-refractivity contribution < 1.29 is 19.4 Å². The van der Waals surface area contributed by atoms with E-state index in [2.05, 4.69) is 0 Å². The fourth-order valence-electron chi connectivity index (χ4n) is 2.27. The second kappa shape index (κ2) is 7.11. The van der Waals surface area contributed by atoms with Crippen LogP contribution >= 0.6 is 0 Å². The van der Waals surface area contributed by atoms with Crippen LogP contribution in [0.2, 0.25) is 0 Å². The summed E-state index contributed by atoms with van der Waals surface area (Å²) in [5, 5.41) is 8.87. The highest BCUT2D eigenvalue weighted by Gasteiger charge is 2.33. The standard InChI is InChI=1S/C16H21NO4/c1-2-21-14-8-3-12(4-9-14)5-10-15(18)17(11-16(19)20)13-6-7-13/h3-4,8-9,13H,2,5-7,10-11H2,1H3,(H,19,20). The number of carboxylic acids is 1. The summed E-state index contributed by atoms with van der Waals surface area (Å²) in [5.74, 6) is -0.205. The van der Waals surface area contributed by atoms with Gasteiger partial charge in [-0.15, -0.1) is 0 Å². The molecule has 21 heavy (non-hydrogen) atoms. The summed E-state index contributed by atoms with van der Waals surface area (Å²) < 4.78 is 5.37. The summed E-state index contributed by atoms with van der Waals surface area (Å²) in [7, 11) is 0. The highest BCUT2D eigenvalue weighted by Crippen LogP contribution is 2.27. The van der Waals surface area contributed by atoms with Crippen molar-refractivity contribution in [1.29, 1.82) is 0 Å². The van der Waals surface area contributed by atoms with E-state index in [1.807, 2.05) is 31.2 Å². The molecule has 0 heterocycles. The van der Waals surface area contributed by atoms with E-state index in [0.717, 1.165) is 24.2 Å². The van der Waals surface area contributed by atoms with Gasteiger partial charge in [0.2, 0.25) is 5.91 Å². The van der Waals surface area contributed by atoms with Gasteiger partial charge in [0.05, 0.1) is 6.61 Å². The summed E-state index contributed by atoms with van der Waals surface area (Å²) in [6, 6.07) is 7.79. The molecular formula is C16H21NO4. The molecule has 0 radical (unpaired) electrons. The average molecular weight is 291 g/mol. The maximum atomic E-state index is 12.1. The number of ether oxygens (including phenoxy) is 1. The van der Waals surface area contributed by atoms with Crippen molar-refractivity contribution in [2.24, 2.45) is 0 Å². The minimum atomic E-state index is -0.948. The molecular weight excluding hydrogens is 270 g/mol. The van der Waals surface area contributed by atoms with Crippen LogP contribution in [0.25, 0.3) is 0 Å². The van der Waals surface area contributed by atoms with Gasteiger partial charge in [-0.2, -0.15) is 0 Å². The van der Waals surface area contributed by atoms with Crippen LogP contribution in [0.15, 0.2) is 24.3 Å². The molecule has 0 atom stereocenters. The van der Waals surface area contributed by atoms with Gasteiger partial charge >= 0.3 is 5.97 Å². The number of carboxylic acid groups (broad SMARTS) is 1. The second-order valence-electron chi connectivity index (χ2n) is 5.22. The van der Waals surface area contributed by atoms with Gasteiger partial charge in [-0.05, 0) is 43.9 Å². The number of nitrogens with zero attached hydrogens (tertiary/aromatic N) is 1. The van der Waals surface area contributed by atoms with Gasteiger partial charge in [-0.1, -0.05) is 12.1 Å². The third-order valence-electron chi connectivity index (χ3n) is 3.48. The number of rotatable bonds is 8. The van der Waals surface area contributed by atoms with E-state index >= 15 is 0 Å². The Hall–Kier alpha value is -2.04. The Morgan fingerprint density at radius 1 is 1.29 bits per heavy atom. The van der Waals surface area contributed by atoms with Crippen LogP contribution in [-0.2, 0) is 16.0 Å². The maximum absolute atomic E-state index is 12.1. The lowest BCUT2D eigenvalue weighted by atomic mass is 10.1. The van der Waals surface area contributed by atoms with Gasteiger partial charge in [0.15, 0.2) is 0 Å². The lowest BCUT2D eigenvalue weighted by Gasteiger charge is -2.20. The molecule has 2 rings (SSSR count). The molecule has 1 fully saturated rings. The van der Waals surface area contributed by atoms with Crippen LogP contribution in [0.5, 0.6) is 5.75 Å². The molecule has 5 heteroatoms. The molecule has 1 aliphatic carbocycles.